The molecule has 9 heteroatoms. The third-order valence-electron chi connectivity index (χ3n) is 5.17. The van der Waals surface area contributed by atoms with Gasteiger partial charge in [0, 0.05) is 44.7 Å². The topological polar surface area (TPSA) is 92.4 Å². The summed E-state index contributed by atoms with van der Waals surface area (Å²) in [5.74, 6) is 1.81. The van der Waals surface area contributed by atoms with Gasteiger partial charge in [0.15, 0.2) is 11.5 Å². The zero-order chi connectivity index (χ0) is 22.1. The summed E-state index contributed by atoms with van der Waals surface area (Å²) in [7, 11) is 8.55. The highest BCUT2D eigenvalue weighted by Gasteiger charge is 2.25. The molecule has 30 heavy (non-hydrogen) atoms. The molecule has 0 atom stereocenters. The molecular formula is C21H34N4O5. The van der Waals surface area contributed by atoms with Crippen molar-refractivity contribution in [2.24, 2.45) is 5.92 Å². The quantitative estimate of drug-likeness (QED) is 0.633. The number of benzene rings is 1. The summed E-state index contributed by atoms with van der Waals surface area (Å²) < 4.78 is 16.0. The fourth-order valence-corrected chi connectivity index (χ4v) is 3.45. The maximum Gasteiger partial charge on any atom is 0.321 e. The van der Waals surface area contributed by atoms with E-state index in [0.717, 1.165) is 19.4 Å². The number of likely N-dealkylation sites (tertiary alicyclic amines) is 1. The molecule has 1 saturated heterocycles. The first kappa shape index (κ1) is 23.6. The van der Waals surface area contributed by atoms with Gasteiger partial charge < -0.3 is 34.6 Å². The number of carbonyl (C=O) groups is 2. The van der Waals surface area contributed by atoms with Crippen molar-refractivity contribution in [1.82, 2.24) is 15.1 Å². The molecule has 0 saturated carbocycles. The van der Waals surface area contributed by atoms with Crippen molar-refractivity contribution in [3.05, 3.63) is 12.1 Å². The standard InChI is InChI=1S/C21H34N4O5/c1-24(2)11-8-22-19(26)12-15-6-9-25(10-7-15)21(27)23-16-13-17(28-3)20(30-5)18(14-16)29-4/h13-15H,6-12H2,1-5H3,(H,22,26)(H,23,27). The fourth-order valence-electron chi connectivity index (χ4n) is 3.45. The Morgan fingerprint density at radius 3 is 2.17 bits per heavy atom. The third kappa shape index (κ3) is 6.69. The van der Waals surface area contributed by atoms with Gasteiger partial charge in [-0.25, -0.2) is 4.79 Å². The van der Waals surface area contributed by atoms with Gasteiger partial charge in [0.25, 0.3) is 0 Å². The molecule has 0 spiro atoms. The minimum Gasteiger partial charge on any atom is -0.493 e. The van der Waals surface area contributed by atoms with Crippen molar-refractivity contribution in [1.29, 1.82) is 0 Å². The van der Waals surface area contributed by atoms with E-state index in [-0.39, 0.29) is 11.9 Å². The molecule has 1 heterocycles. The van der Waals surface area contributed by atoms with E-state index < -0.39 is 0 Å². The molecule has 0 unspecified atom stereocenters. The van der Waals surface area contributed by atoms with Crippen molar-refractivity contribution in [3.8, 4) is 17.2 Å². The van der Waals surface area contributed by atoms with Crippen molar-refractivity contribution in [2.45, 2.75) is 19.3 Å². The summed E-state index contributed by atoms with van der Waals surface area (Å²) in [6.07, 6.45) is 2.13. The number of nitrogens with zero attached hydrogens (tertiary/aromatic N) is 2. The van der Waals surface area contributed by atoms with Crippen LogP contribution in [-0.4, -0.2) is 83.3 Å². The van der Waals surface area contributed by atoms with E-state index in [4.69, 9.17) is 14.2 Å². The lowest BCUT2D eigenvalue weighted by atomic mass is 9.93. The number of carbonyl (C=O) groups excluding carboxylic acids is 2. The van der Waals surface area contributed by atoms with Gasteiger partial charge in [0.05, 0.1) is 27.0 Å². The van der Waals surface area contributed by atoms with Gasteiger partial charge in [-0.1, -0.05) is 0 Å². The van der Waals surface area contributed by atoms with Crippen LogP contribution >= 0.6 is 0 Å². The van der Waals surface area contributed by atoms with Crippen LogP contribution < -0.4 is 24.8 Å². The SMILES string of the molecule is COc1cc(NC(=O)N2CCC(CC(=O)NCCN(C)C)CC2)cc(OC)c1OC. The van der Waals surface area contributed by atoms with E-state index in [1.165, 1.54) is 21.3 Å². The number of hydrogen-bond acceptors (Lipinski definition) is 6. The Kier molecular flexibility index (Phi) is 9.04. The van der Waals surface area contributed by atoms with Crippen molar-refractivity contribution in [2.75, 3.05) is 66.9 Å². The Morgan fingerprint density at radius 2 is 1.67 bits per heavy atom. The summed E-state index contributed by atoms with van der Waals surface area (Å²) in [6.45, 7) is 2.71. The Morgan fingerprint density at radius 1 is 1.07 bits per heavy atom. The second-order valence-electron chi connectivity index (χ2n) is 7.63. The predicted molar refractivity (Wildman–Crippen MR) is 116 cm³/mol. The molecule has 3 amide bonds. The number of hydrogen-bond donors (Lipinski definition) is 2. The maximum atomic E-state index is 12.7. The molecule has 0 bridgehead atoms. The summed E-state index contributed by atoms with van der Waals surface area (Å²) >= 11 is 0. The zero-order valence-corrected chi connectivity index (χ0v) is 18.6. The Hall–Kier alpha value is -2.68. The van der Waals surface area contributed by atoms with E-state index >= 15 is 0 Å². The smallest absolute Gasteiger partial charge is 0.321 e. The first-order chi connectivity index (χ1) is 14.4. The molecule has 1 aromatic carbocycles. The molecule has 0 aliphatic carbocycles. The Balaban J connectivity index is 1.85. The minimum atomic E-state index is -0.182. The summed E-state index contributed by atoms with van der Waals surface area (Å²) in [6, 6.07) is 3.21. The summed E-state index contributed by atoms with van der Waals surface area (Å²) in [4.78, 5) is 28.5. The number of urea groups is 1. The zero-order valence-electron chi connectivity index (χ0n) is 18.6. The summed E-state index contributed by atoms with van der Waals surface area (Å²) in [5, 5.41) is 5.85. The lowest BCUT2D eigenvalue weighted by Gasteiger charge is -2.32. The van der Waals surface area contributed by atoms with Crippen LogP contribution in [0.3, 0.4) is 0 Å². The highest BCUT2D eigenvalue weighted by Crippen LogP contribution is 2.40. The number of methoxy groups -OCH3 is 3. The highest BCUT2D eigenvalue weighted by atomic mass is 16.5. The molecular weight excluding hydrogens is 388 g/mol. The average molecular weight is 423 g/mol. The largest absolute Gasteiger partial charge is 0.493 e. The van der Waals surface area contributed by atoms with Gasteiger partial charge in [0.1, 0.15) is 0 Å². The van der Waals surface area contributed by atoms with Gasteiger partial charge in [-0.15, -0.1) is 0 Å². The van der Waals surface area contributed by atoms with Crippen LogP contribution in [0.25, 0.3) is 0 Å². The van der Waals surface area contributed by atoms with Crippen LogP contribution in [0.4, 0.5) is 10.5 Å². The molecule has 1 aromatic rings. The van der Waals surface area contributed by atoms with Crippen molar-refractivity contribution in [3.63, 3.8) is 0 Å². The van der Waals surface area contributed by atoms with E-state index in [9.17, 15) is 9.59 Å². The van der Waals surface area contributed by atoms with Crippen molar-refractivity contribution < 1.29 is 23.8 Å². The molecule has 168 valence electrons. The molecule has 1 aliphatic heterocycles. The minimum absolute atomic E-state index is 0.0807. The van der Waals surface area contributed by atoms with Gasteiger partial charge in [-0.2, -0.15) is 0 Å². The second-order valence-corrected chi connectivity index (χ2v) is 7.63. The van der Waals surface area contributed by atoms with Crippen LogP contribution in [0, 0.1) is 5.92 Å². The molecule has 2 N–H and O–H groups in total. The van der Waals surface area contributed by atoms with E-state index in [0.29, 0.717) is 54.9 Å². The number of amides is 3. The Labute approximate surface area is 178 Å². The molecule has 0 aromatic heterocycles. The highest BCUT2D eigenvalue weighted by molar-refractivity contribution is 5.90. The third-order valence-corrected chi connectivity index (χ3v) is 5.17. The first-order valence-electron chi connectivity index (χ1n) is 10.1. The number of nitrogens with one attached hydrogen (secondary N) is 2. The number of likely N-dealkylation sites (N-methyl/N-ethyl adjacent to an activating group) is 1. The monoisotopic (exact) mass is 422 g/mol. The van der Waals surface area contributed by atoms with Crippen LogP contribution in [0.15, 0.2) is 12.1 Å². The fraction of sp³-hybridized carbons (Fsp3) is 0.619. The van der Waals surface area contributed by atoms with Gasteiger partial charge in [-0.05, 0) is 32.9 Å². The number of ether oxygens (including phenoxy) is 3. The van der Waals surface area contributed by atoms with Gasteiger partial charge >= 0.3 is 6.03 Å². The van der Waals surface area contributed by atoms with Gasteiger partial charge in [0.2, 0.25) is 11.7 Å². The maximum absolute atomic E-state index is 12.7. The molecule has 1 fully saturated rings. The lowest BCUT2D eigenvalue weighted by Crippen LogP contribution is -2.42. The van der Waals surface area contributed by atoms with E-state index in [1.54, 1.807) is 17.0 Å². The van der Waals surface area contributed by atoms with E-state index in [2.05, 4.69) is 10.6 Å². The Bertz CT molecular complexity index is 692. The molecule has 2 rings (SSSR count). The lowest BCUT2D eigenvalue weighted by molar-refractivity contribution is -0.122. The average Bonchev–Trinajstić information content (AvgIpc) is 2.73. The van der Waals surface area contributed by atoms with Crippen molar-refractivity contribution >= 4 is 17.6 Å². The van der Waals surface area contributed by atoms with Gasteiger partial charge in [-0.3, -0.25) is 4.79 Å². The van der Waals surface area contributed by atoms with E-state index in [1.807, 2.05) is 19.0 Å². The number of anilines is 1. The number of rotatable bonds is 9. The molecule has 1 aliphatic rings. The second kappa shape index (κ2) is 11.5. The predicted octanol–water partition coefficient (Wildman–Crippen LogP) is 2.02. The molecule has 9 nitrogen and oxygen atoms in total. The molecule has 0 radical (unpaired) electrons. The van der Waals surface area contributed by atoms with Crippen LogP contribution in [0.2, 0.25) is 0 Å². The summed E-state index contributed by atoms with van der Waals surface area (Å²) in [5.41, 5.74) is 0.567. The van der Waals surface area contributed by atoms with Crippen LogP contribution in [-0.2, 0) is 4.79 Å². The number of piperidine rings is 1. The van der Waals surface area contributed by atoms with Crippen LogP contribution in [0.5, 0.6) is 17.2 Å². The normalized spacial score (nSPS) is 14.4. The first-order valence-corrected chi connectivity index (χ1v) is 10.1. The van der Waals surface area contributed by atoms with Crippen LogP contribution in [0.1, 0.15) is 19.3 Å².